The first-order valence-corrected chi connectivity index (χ1v) is 6.88. The summed E-state index contributed by atoms with van der Waals surface area (Å²) >= 11 is 2.66. The third-order valence-electron chi connectivity index (χ3n) is 2.15. The molecule has 0 aliphatic rings. The summed E-state index contributed by atoms with van der Waals surface area (Å²) in [6, 6.07) is 0. The highest BCUT2D eigenvalue weighted by Crippen LogP contribution is 2.37. The highest BCUT2D eigenvalue weighted by molar-refractivity contribution is 8.00. The minimum Gasteiger partial charge on any atom is -0.397 e. The van der Waals surface area contributed by atoms with E-state index in [9.17, 15) is 9.59 Å². The number of amides is 2. The molecule has 0 fully saturated rings. The summed E-state index contributed by atoms with van der Waals surface area (Å²) in [5.41, 5.74) is 6.54. The Labute approximate surface area is 108 Å². The standard InChI is InChI=1S/C10H15N3O2S2/c1-12-8(14)5-6(11)7(9(15)13(2)3)17-10(5)16-4/h11H2,1-4H3,(H,12,14). The number of thiophene rings is 1. The maximum absolute atomic E-state index is 11.9. The predicted molar refractivity (Wildman–Crippen MR) is 71.9 cm³/mol. The van der Waals surface area contributed by atoms with Crippen LogP contribution in [0, 0.1) is 0 Å². The first kappa shape index (κ1) is 13.9. The zero-order valence-corrected chi connectivity index (χ0v) is 11.8. The number of hydrogen-bond acceptors (Lipinski definition) is 5. The average molecular weight is 273 g/mol. The van der Waals surface area contributed by atoms with Crippen LogP contribution >= 0.6 is 23.1 Å². The van der Waals surface area contributed by atoms with Crippen molar-refractivity contribution in [2.75, 3.05) is 33.1 Å². The van der Waals surface area contributed by atoms with Crippen LogP contribution in [-0.2, 0) is 0 Å². The van der Waals surface area contributed by atoms with E-state index in [4.69, 9.17) is 5.73 Å². The number of anilines is 1. The van der Waals surface area contributed by atoms with Gasteiger partial charge in [0.2, 0.25) is 0 Å². The van der Waals surface area contributed by atoms with Crippen LogP contribution in [0.3, 0.4) is 0 Å². The van der Waals surface area contributed by atoms with Gasteiger partial charge < -0.3 is 16.0 Å². The Bertz CT molecular complexity index is 455. The van der Waals surface area contributed by atoms with Crippen molar-refractivity contribution in [2.45, 2.75) is 4.21 Å². The Morgan fingerprint density at radius 1 is 1.41 bits per heavy atom. The van der Waals surface area contributed by atoms with E-state index in [-0.39, 0.29) is 17.5 Å². The summed E-state index contributed by atoms with van der Waals surface area (Å²) in [6.07, 6.45) is 1.85. The monoisotopic (exact) mass is 273 g/mol. The van der Waals surface area contributed by atoms with E-state index in [1.165, 1.54) is 35.0 Å². The van der Waals surface area contributed by atoms with E-state index >= 15 is 0 Å². The molecule has 0 saturated heterocycles. The van der Waals surface area contributed by atoms with Crippen molar-refractivity contribution >= 4 is 40.6 Å². The molecular formula is C10H15N3O2S2. The van der Waals surface area contributed by atoms with Gasteiger partial charge in [-0.1, -0.05) is 0 Å². The van der Waals surface area contributed by atoms with Crippen molar-refractivity contribution in [2.24, 2.45) is 0 Å². The molecule has 0 unspecified atom stereocenters. The fourth-order valence-corrected chi connectivity index (χ4v) is 3.23. The van der Waals surface area contributed by atoms with Gasteiger partial charge in [-0.2, -0.15) is 0 Å². The normalized spacial score (nSPS) is 10.1. The van der Waals surface area contributed by atoms with Gasteiger partial charge in [0.25, 0.3) is 11.8 Å². The molecule has 1 aromatic heterocycles. The van der Waals surface area contributed by atoms with Crippen LogP contribution in [0.15, 0.2) is 4.21 Å². The minimum atomic E-state index is -0.263. The van der Waals surface area contributed by atoms with E-state index < -0.39 is 0 Å². The number of nitrogens with two attached hydrogens (primary N) is 1. The molecule has 0 atom stereocenters. The average Bonchev–Trinajstić information content (AvgIpc) is 2.64. The Morgan fingerprint density at radius 2 is 2.00 bits per heavy atom. The molecule has 0 aliphatic heterocycles. The second-order valence-corrected chi connectivity index (χ2v) is 5.59. The Kier molecular flexibility index (Phi) is 4.41. The van der Waals surface area contributed by atoms with Crippen molar-refractivity contribution < 1.29 is 9.59 Å². The third-order valence-corrected chi connectivity index (χ3v) is 4.47. The van der Waals surface area contributed by atoms with E-state index in [0.29, 0.717) is 10.4 Å². The van der Waals surface area contributed by atoms with E-state index in [1.807, 2.05) is 6.26 Å². The molecule has 17 heavy (non-hydrogen) atoms. The van der Waals surface area contributed by atoms with Gasteiger partial charge in [-0.3, -0.25) is 9.59 Å². The molecule has 1 rings (SSSR count). The molecule has 0 bridgehead atoms. The van der Waals surface area contributed by atoms with Crippen LogP contribution in [-0.4, -0.2) is 44.1 Å². The minimum absolute atomic E-state index is 0.182. The molecular weight excluding hydrogens is 258 g/mol. The summed E-state index contributed by atoms with van der Waals surface area (Å²) in [7, 11) is 4.84. The largest absolute Gasteiger partial charge is 0.397 e. The number of rotatable bonds is 3. The first-order chi connectivity index (χ1) is 7.93. The molecule has 5 nitrogen and oxygen atoms in total. The van der Waals surface area contributed by atoms with Crippen molar-refractivity contribution in [3.05, 3.63) is 10.4 Å². The number of nitrogen functional groups attached to an aromatic ring is 1. The highest BCUT2D eigenvalue weighted by Gasteiger charge is 2.25. The lowest BCUT2D eigenvalue weighted by molar-refractivity contribution is 0.0833. The number of carbonyl (C=O) groups excluding carboxylic acids is 2. The fourth-order valence-electron chi connectivity index (χ4n) is 1.27. The fraction of sp³-hybridized carbons (Fsp3) is 0.400. The van der Waals surface area contributed by atoms with Gasteiger partial charge in [0.15, 0.2) is 0 Å². The molecule has 1 aromatic rings. The number of nitrogens with zero attached hydrogens (tertiary/aromatic N) is 1. The van der Waals surface area contributed by atoms with E-state index in [2.05, 4.69) is 5.32 Å². The van der Waals surface area contributed by atoms with Gasteiger partial charge in [-0.25, -0.2) is 0 Å². The molecule has 3 N–H and O–H groups in total. The summed E-state index contributed by atoms with van der Waals surface area (Å²) in [6.45, 7) is 0. The second kappa shape index (κ2) is 5.42. The van der Waals surface area contributed by atoms with Crippen LogP contribution < -0.4 is 11.1 Å². The lowest BCUT2D eigenvalue weighted by atomic mass is 10.2. The second-order valence-electron chi connectivity index (χ2n) is 3.49. The molecule has 7 heteroatoms. The maximum Gasteiger partial charge on any atom is 0.265 e. The van der Waals surface area contributed by atoms with E-state index in [0.717, 1.165) is 4.21 Å². The quantitative estimate of drug-likeness (QED) is 0.809. The van der Waals surface area contributed by atoms with Crippen molar-refractivity contribution in [1.82, 2.24) is 10.2 Å². The summed E-state index contributed by atoms with van der Waals surface area (Å²) in [5.74, 6) is -0.446. The molecule has 0 spiro atoms. The topological polar surface area (TPSA) is 75.4 Å². The Balaban J connectivity index is 3.33. The number of hydrogen-bond donors (Lipinski definition) is 2. The van der Waals surface area contributed by atoms with Crippen LogP contribution in [0.1, 0.15) is 20.0 Å². The van der Waals surface area contributed by atoms with Gasteiger partial charge in [0.1, 0.15) is 4.88 Å². The summed E-state index contributed by atoms with van der Waals surface area (Å²) in [4.78, 5) is 25.4. The molecule has 0 radical (unpaired) electrons. The predicted octanol–water partition coefficient (Wildman–Crippen LogP) is 1.11. The van der Waals surface area contributed by atoms with Crippen molar-refractivity contribution in [3.63, 3.8) is 0 Å². The van der Waals surface area contributed by atoms with Gasteiger partial charge in [0, 0.05) is 21.1 Å². The van der Waals surface area contributed by atoms with Gasteiger partial charge in [-0.15, -0.1) is 23.1 Å². The maximum atomic E-state index is 11.9. The number of nitrogens with one attached hydrogen (secondary N) is 1. The van der Waals surface area contributed by atoms with Gasteiger partial charge in [0.05, 0.1) is 15.5 Å². The molecule has 0 saturated carbocycles. The van der Waals surface area contributed by atoms with Gasteiger partial charge in [-0.05, 0) is 6.26 Å². The lowest BCUT2D eigenvalue weighted by Gasteiger charge is -2.08. The first-order valence-electron chi connectivity index (χ1n) is 4.84. The summed E-state index contributed by atoms with van der Waals surface area (Å²) in [5, 5.41) is 2.53. The summed E-state index contributed by atoms with van der Waals surface area (Å²) < 4.78 is 0.757. The third kappa shape index (κ3) is 2.55. The van der Waals surface area contributed by atoms with Gasteiger partial charge >= 0.3 is 0 Å². The Hall–Kier alpha value is -1.21. The van der Waals surface area contributed by atoms with E-state index in [1.54, 1.807) is 14.1 Å². The van der Waals surface area contributed by atoms with Crippen LogP contribution in [0.4, 0.5) is 5.69 Å². The smallest absolute Gasteiger partial charge is 0.265 e. The lowest BCUT2D eigenvalue weighted by Crippen LogP contribution is -2.23. The molecule has 94 valence electrons. The SMILES string of the molecule is CNC(=O)c1c(SC)sc(C(=O)N(C)C)c1N. The van der Waals surface area contributed by atoms with Crippen LogP contribution in [0.25, 0.3) is 0 Å². The Morgan fingerprint density at radius 3 is 2.41 bits per heavy atom. The molecule has 0 aromatic carbocycles. The zero-order valence-electron chi connectivity index (χ0n) is 10.2. The van der Waals surface area contributed by atoms with Crippen LogP contribution in [0.2, 0.25) is 0 Å². The van der Waals surface area contributed by atoms with Crippen molar-refractivity contribution in [1.29, 1.82) is 0 Å². The molecule has 0 aliphatic carbocycles. The zero-order chi connectivity index (χ0) is 13.2. The highest BCUT2D eigenvalue weighted by atomic mass is 32.2. The van der Waals surface area contributed by atoms with Crippen molar-refractivity contribution in [3.8, 4) is 0 Å². The van der Waals surface area contributed by atoms with Crippen LogP contribution in [0.5, 0.6) is 0 Å². The molecule has 1 heterocycles. The molecule has 2 amide bonds. The number of thioether (sulfide) groups is 1. The number of carbonyl (C=O) groups is 2.